The second kappa shape index (κ2) is 7.68. The van der Waals surface area contributed by atoms with Gasteiger partial charge < -0.3 is 10.6 Å². The molecule has 0 saturated heterocycles. The molecule has 0 spiro atoms. The summed E-state index contributed by atoms with van der Waals surface area (Å²) < 4.78 is 0. The van der Waals surface area contributed by atoms with Gasteiger partial charge in [0.25, 0.3) is 5.91 Å². The molecule has 1 aromatic heterocycles. The van der Waals surface area contributed by atoms with Crippen LogP contribution in [0.5, 0.6) is 0 Å². The van der Waals surface area contributed by atoms with Crippen LogP contribution >= 0.6 is 35.6 Å². The van der Waals surface area contributed by atoms with Gasteiger partial charge in [0, 0.05) is 13.1 Å². The summed E-state index contributed by atoms with van der Waals surface area (Å²) in [5, 5.41) is 5.99. The van der Waals surface area contributed by atoms with Crippen molar-refractivity contribution in [2.75, 3.05) is 20.1 Å². The number of aromatic nitrogens is 1. The highest BCUT2D eigenvalue weighted by molar-refractivity contribution is 6.34. The first-order valence-electron chi connectivity index (χ1n) is 4.40. The normalized spacial score (nSPS) is 9.44. The van der Waals surface area contributed by atoms with Crippen LogP contribution in [-0.2, 0) is 0 Å². The summed E-state index contributed by atoms with van der Waals surface area (Å²) >= 11 is 11.4. The van der Waals surface area contributed by atoms with Crippen molar-refractivity contribution in [2.45, 2.75) is 0 Å². The molecule has 1 aromatic rings. The van der Waals surface area contributed by atoms with Crippen LogP contribution in [0, 0.1) is 0 Å². The molecule has 0 saturated carbocycles. The highest BCUT2D eigenvalue weighted by Crippen LogP contribution is 2.16. The van der Waals surface area contributed by atoms with Crippen LogP contribution in [0.15, 0.2) is 12.1 Å². The molecule has 1 rings (SSSR count). The van der Waals surface area contributed by atoms with Gasteiger partial charge in [-0.05, 0) is 19.2 Å². The van der Waals surface area contributed by atoms with E-state index < -0.39 is 0 Å². The minimum Gasteiger partial charge on any atom is -0.351 e. The van der Waals surface area contributed by atoms with Gasteiger partial charge in [-0.1, -0.05) is 23.2 Å². The number of carbonyl (C=O) groups excluding carboxylic acids is 1. The molecule has 0 fully saturated rings. The average Bonchev–Trinajstić information content (AvgIpc) is 2.17. The molecule has 0 bridgehead atoms. The van der Waals surface area contributed by atoms with E-state index in [2.05, 4.69) is 15.6 Å². The predicted octanol–water partition coefficient (Wildman–Crippen LogP) is 1.76. The Kier molecular flexibility index (Phi) is 7.42. The van der Waals surface area contributed by atoms with Crippen molar-refractivity contribution in [2.24, 2.45) is 0 Å². The zero-order chi connectivity index (χ0) is 11.3. The van der Waals surface area contributed by atoms with E-state index in [0.717, 1.165) is 0 Å². The van der Waals surface area contributed by atoms with E-state index in [1.54, 1.807) is 6.07 Å². The Balaban J connectivity index is 0.00000225. The summed E-state index contributed by atoms with van der Waals surface area (Å²) in [6.07, 6.45) is 0. The number of nitrogens with one attached hydrogen (secondary N) is 2. The first-order valence-corrected chi connectivity index (χ1v) is 5.15. The molecule has 16 heavy (non-hydrogen) atoms. The van der Waals surface area contributed by atoms with Crippen LogP contribution in [0.25, 0.3) is 0 Å². The lowest BCUT2D eigenvalue weighted by molar-refractivity contribution is 0.0954. The van der Waals surface area contributed by atoms with Gasteiger partial charge in [-0.2, -0.15) is 0 Å². The van der Waals surface area contributed by atoms with E-state index in [-0.39, 0.29) is 28.6 Å². The summed E-state index contributed by atoms with van der Waals surface area (Å²) in [5.41, 5.74) is 0.331. The van der Waals surface area contributed by atoms with Gasteiger partial charge in [0.05, 0.1) is 5.56 Å². The predicted molar refractivity (Wildman–Crippen MR) is 67.8 cm³/mol. The van der Waals surface area contributed by atoms with Crippen LogP contribution in [-0.4, -0.2) is 31.0 Å². The summed E-state index contributed by atoms with van der Waals surface area (Å²) in [4.78, 5) is 15.3. The third kappa shape index (κ3) is 4.53. The lowest BCUT2D eigenvalue weighted by atomic mass is 10.2. The van der Waals surface area contributed by atoms with Crippen molar-refractivity contribution >= 4 is 41.5 Å². The third-order valence-electron chi connectivity index (χ3n) is 1.72. The maximum absolute atomic E-state index is 11.5. The standard InChI is InChI=1S/C9H11Cl2N3O.ClH/c1-12-4-5-13-9(15)6-2-3-7(10)14-8(6)11;/h2-3,12H,4-5H2,1H3,(H,13,15);1H. The first-order chi connectivity index (χ1) is 7.15. The smallest absolute Gasteiger partial charge is 0.254 e. The number of hydrogen-bond acceptors (Lipinski definition) is 3. The second-order valence-corrected chi connectivity index (χ2v) is 3.58. The third-order valence-corrected chi connectivity index (χ3v) is 2.22. The van der Waals surface area contributed by atoms with Crippen LogP contribution < -0.4 is 10.6 Å². The number of halogens is 3. The molecule has 2 N–H and O–H groups in total. The number of likely N-dealkylation sites (N-methyl/N-ethyl adjacent to an activating group) is 1. The zero-order valence-corrected chi connectivity index (χ0v) is 10.9. The Hall–Kier alpha value is -0.550. The molecule has 1 heterocycles. The molecule has 0 aliphatic rings. The Morgan fingerprint density at radius 1 is 1.38 bits per heavy atom. The summed E-state index contributed by atoms with van der Waals surface area (Å²) in [6.45, 7) is 1.23. The number of hydrogen-bond donors (Lipinski definition) is 2. The Morgan fingerprint density at radius 2 is 2.06 bits per heavy atom. The lowest BCUT2D eigenvalue weighted by Crippen LogP contribution is -2.30. The Morgan fingerprint density at radius 3 is 2.62 bits per heavy atom. The van der Waals surface area contributed by atoms with Crippen molar-refractivity contribution in [3.8, 4) is 0 Å². The number of amides is 1. The molecule has 4 nitrogen and oxygen atoms in total. The van der Waals surface area contributed by atoms with E-state index >= 15 is 0 Å². The fourth-order valence-electron chi connectivity index (χ4n) is 0.978. The van der Waals surface area contributed by atoms with Gasteiger partial charge in [-0.3, -0.25) is 4.79 Å². The molecule has 0 aromatic carbocycles. The van der Waals surface area contributed by atoms with Gasteiger partial charge in [-0.25, -0.2) is 4.98 Å². The maximum Gasteiger partial charge on any atom is 0.254 e. The minimum atomic E-state index is -0.251. The fraction of sp³-hybridized carbons (Fsp3) is 0.333. The van der Waals surface area contributed by atoms with Crippen LogP contribution in [0.1, 0.15) is 10.4 Å². The van der Waals surface area contributed by atoms with E-state index in [9.17, 15) is 4.79 Å². The zero-order valence-electron chi connectivity index (χ0n) is 8.59. The van der Waals surface area contributed by atoms with Crippen molar-refractivity contribution in [3.63, 3.8) is 0 Å². The highest BCUT2D eigenvalue weighted by atomic mass is 35.5. The molecule has 90 valence electrons. The molecule has 0 radical (unpaired) electrons. The molecule has 0 aliphatic heterocycles. The van der Waals surface area contributed by atoms with Crippen molar-refractivity contribution in [1.82, 2.24) is 15.6 Å². The number of rotatable bonds is 4. The fourth-order valence-corrected chi connectivity index (χ4v) is 1.41. The van der Waals surface area contributed by atoms with Crippen LogP contribution in [0.3, 0.4) is 0 Å². The molecule has 0 unspecified atom stereocenters. The number of nitrogens with zero attached hydrogens (tertiary/aromatic N) is 1. The van der Waals surface area contributed by atoms with Crippen LogP contribution in [0.4, 0.5) is 0 Å². The van der Waals surface area contributed by atoms with Gasteiger partial charge in [0.2, 0.25) is 0 Å². The molecular weight excluding hydrogens is 272 g/mol. The van der Waals surface area contributed by atoms with E-state index in [1.807, 2.05) is 7.05 Å². The van der Waals surface area contributed by atoms with Gasteiger partial charge >= 0.3 is 0 Å². The highest BCUT2D eigenvalue weighted by Gasteiger charge is 2.10. The van der Waals surface area contributed by atoms with Crippen molar-refractivity contribution < 1.29 is 4.79 Å². The summed E-state index contributed by atoms with van der Waals surface area (Å²) in [7, 11) is 1.81. The summed E-state index contributed by atoms with van der Waals surface area (Å²) in [5.74, 6) is -0.251. The molecule has 7 heteroatoms. The molecular formula is C9H12Cl3N3O. The molecule has 0 aliphatic carbocycles. The average molecular weight is 285 g/mol. The van der Waals surface area contributed by atoms with Crippen molar-refractivity contribution in [3.05, 3.63) is 28.0 Å². The Labute approximate surface area is 110 Å². The quantitative estimate of drug-likeness (QED) is 0.654. The topological polar surface area (TPSA) is 54.0 Å². The second-order valence-electron chi connectivity index (χ2n) is 2.83. The van der Waals surface area contributed by atoms with E-state index in [1.165, 1.54) is 6.07 Å². The molecule has 0 atom stereocenters. The van der Waals surface area contributed by atoms with Crippen molar-refractivity contribution in [1.29, 1.82) is 0 Å². The van der Waals surface area contributed by atoms with Gasteiger partial charge in [0.1, 0.15) is 10.3 Å². The summed E-state index contributed by atoms with van der Waals surface area (Å²) in [6, 6.07) is 3.08. The van der Waals surface area contributed by atoms with E-state index in [0.29, 0.717) is 18.7 Å². The van der Waals surface area contributed by atoms with Gasteiger partial charge in [0.15, 0.2) is 0 Å². The van der Waals surface area contributed by atoms with Gasteiger partial charge in [-0.15, -0.1) is 12.4 Å². The lowest BCUT2D eigenvalue weighted by Gasteiger charge is -2.05. The van der Waals surface area contributed by atoms with Crippen LogP contribution in [0.2, 0.25) is 10.3 Å². The number of pyridine rings is 1. The number of carbonyl (C=O) groups is 1. The minimum absolute atomic E-state index is 0. The Bertz CT molecular complexity index is 360. The SMILES string of the molecule is CNCCNC(=O)c1ccc(Cl)nc1Cl.Cl. The first kappa shape index (κ1) is 15.4. The van der Waals surface area contributed by atoms with E-state index in [4.69, 9.17) is 23.2 Å². The largest absolute Gasteiger partial charge is 0.351 e. The monoisotopic (exact) mass is 283 g/mol. The molecule has 1 amide bonds. The maximum atomic E-state index is 11.5.